The van der Waals surface area contributed by atoms with Crippen LogP contribution >= 0.6 is 0 Å². The highest BCUT2D eigenvalue weighted by Gasteiger charge is 2.08. The summed E-state index contributed by atoms with van der Waals surface area (Å²) in [6.07, 6.45) is 2.20. The first-order valence-electron chi connectivity index (χ1n) is 5.43. The minimum Gasteiger partial charge on any atom is -0.469 e. The number of carbonyl (C=O) groups is 1. The van der Waals surface area contributed by atoms with Crippen molar-refractivity contribution in [1.82, 2.24) is 4.98 Å². The maximum absolute atomic E-state index is 10.9. The summed E-state index contributed by atoms with van der Waals surface area (Å²) in [5, 5.41) is 10.5. The number of nitro groups is 1. The summed E-state index contributed by atoms with van der Waals surface area (Å²) >= 11 is 0. The molecule has 0 aromatic carbocycles. The van der Waals surface area contributed by atoms with Crippen molar-refractivity contribution in [3.8, 4) is 0 Å². The molecule has 0 saturated carbocycles. The van der Waals surface area contributed by atoms with Crippen LogP contribution in [-0.2, 0) is 9.53 Å². The second-order valence-corrected chi connectivity index (χ2v) is 3.73. The second-order valence-electron chi connectivity index (χ2n) is 3.73. The number of hydrogen-bond donors (Lipinski definition) is 0. The van der Waals surface area contributed by atoms with Crippen LogP contribution in [-0.4, -0.2) is 36.6 Å². The summed E-state index contributed by atoms with van der Waals surface area (Å²) in [6, 6.07) is 2.98. The largest absolute Gasteiger partial charge is 0.469 e. The van der Waals surface area contributed by atoms with Gasteiger partial charge >= 0.3 is 5.97 Å². The predicted molar refractivity (Wildman–Crippen MR) is 65.4 cm³/mol. The lowest BCUT2D eigenvalue weighted by Crippen LogP contribution is -2.20. The number of pyridine rings is 1. The van der Waals surface area contributed by atoms with Crippen molar-refractivity contribution < 1.29 is 14.5 Å². The molecule has 1 aromatic rings. The zero-order valence-corrected chi connectivity index (χ0v) is 10.3. The van der Waals surface area contributed by atoms with Crippen LogP contribution in [0.3, 0.4) is 0 Å². The maximum atomic E-state index is 10.9. The van der Waals surface area contributed by atoms with Crippen molar-refractivity contribution in [2.24, 2.45) is 0 Å². The Morgan fingerprint density at radius 3 is 2.78 bits per heavy atom. The van der Waals surface area contributed by atoms with Crippen molar-refractivity contribution in [2.75, 3.05) is 25.6 Å². The van der Waals surface area contributed by atoms with Crippen LogP contribution in [0.2, 0.25) is 0 Å². The van der Waals surface area contributed by atoms with E-state index >= 15 is 0 Å². The van der Waals surface area contributed by atoms with Crippen LogP contribution in [0, 0.1) is 10.1 Å². The number of aromatic nitrogens is 1. The third kappa shape index (κ3) is 4.00. The van der Waals surface area contributed by atoms with Crippen LogP contribution in [0.1, 0.15) is 12.8 Å². The van der Waals surface area contributed by atoms with Crippen molar-refractivity contribution >= 4 is 17.5 Å². The van der Waals surface area contributed by atoms with Crippen molar-refractivity contribution in [1.29, 1.82) is 0 Å². The maximum Gasteiger partial charge on any atom is 0.305 e. The molecule has 0 bridgehead atoms. The smallest absolute Gasteiger partial charge is 0.305 e. The molecule has 7 heteroatoms. The minimum absolute atomic E-state index is 0.0401. The van der Waals surface area contributed by atoms with Gasteiger partial charge < -0.3 is 9.64 Å². The average Bonchev–Trinajstić information content (AvgIpc) is 2.38. The molecule has 0 radical (unpaired) electrons. The van der Waals surface area contributed by atoms with E-state index in [9.17, 15) is 14.9 Å². The van der Waals surface area contributed by atoms with Crippen LogP contribution in [0.4, 0.5) is 11.5 Å². The fraction of sp³-hybridized carbons (Fsp3) is 0.455. The Labute approximate surface area is 105 Å². The predicted octanol–water partition coefficient (Wildman–Crippen LogP) is 1.38. The second kappa shape index (κ2) is 6.53. The number of carbonyl (C=O) groups excluding carboxylic acids is 1. The summed E-state index contributed by atoms with van der Waals surface area (Å²) in [5.41, 5.74) is -0.0401. The molecule has 0 amide bonds. The molecule has 0 fully saturated rings. The summed E-state index contributed by atoms with van der Waals surface area (Å²) in [6.45, 7) is 0.625. The standard InChI is InChI=1S/C11H15N3O4/c1-13(7-3-4-11(15)18-2)10-6-5-9(8-12-10)14(16)17/h5-6,8H,3-4,7H2,1-2H3. The monoisotopic (exact) mass is 253 g/mol. The number of anilines is 1. The van der Waals surface area contributed by atoms with Crippen LogP contribution in [0.15, 0.2) is 18.3 Å². The molecule has 0 N–H and O–H groups in total. The Bertz CT molecular complexity index is 419. The number of ether oxygens (including phenoxy) is 1. The lowest BCUT2D eigenvalue weighted by molar-refractivity contribution is -0.385. The first-order chi connectivity index (χ1) is 8.54. The van der Waals surface area contributed by atoms with E-state index in [0.29, 0.717) is 25.2 Å². The molecule has 0 atom stereocenters. The summed E-state index contributed by atoms with van der Waals surface area (Å²) < 4.78 is 4.53. The molecule has 0 unspecified atom stereocenters. The third-order valence-corrected chi connectivity index (χ3v) is 2.44. The zero-order valence-electron chi connectivity index (χ0n) is 10.3. The quantitative estimate of drug-likeness (QED) is 0.432. The molecule has 7 nitrogen and oxygen atoms in total. The Kier molecular flexibility index (Phi) is 5.04. The Hall–Kier alpha value is -2.18. The highest BCUT2D eigenvalue weighted by atomic mass is 16.6. The number of hydrogen-bond acceptors (Lipinski definition) is 6. The van der Waals surface area contributed by atoms with E-state index < -0.39 is 4.92 Å². The summed E-state index contributed by atoms with van der Waals surface area (Å²) in [4.78, 5) is 26.7. The normalized spacial score (nSPS) is 9.89. The van der Waals surface area contributed by atoms with E-state index in [1.807, 2.05) is 11.9 Å². The van der Waals surface area contributed by atoms with Gasteiger partial charge in [0.05, 0.1) is 12.0 Å². The van der Waals surface area contributed by atoms with Crippen molar-refractivity contribution in [3.63, 3.8) is 0 Å². The van der Waals surface area contributed by atoms with Crippen molar-refractivity contribution in [3.05, 3.63) is 28.4 Å². The van der Waals surface area contributed by atoms with Gasteiger partial charge in [0.15, 0.2) is 0 Å². The summed E-state index contributed by atoms with van der Waals surface area (Å²) in [5.74, 6) is 0.380. The SMILES string of the molecule is COC(=O)CCCN(C)c1ccc([N+](=O)[O-])cn1. The van der Waals surface area contributed by atoms with Crippen LogP contribution in [0.25, 0.3) is 0 Å². The molecule has 0 spiro atoms. The molecule has 1 aromatic heterocycles. The fourth-order valence-corrected chi connectivity index (χ4v) is 1.39. The molecule has 1 heterocycles. The van der Waals surface area contributed by atoms with Gasteiger partial charge in [0.2, 0.25) is 0 Å². The Balaban J connectivity index is 2.48. The van der Waals surface area contributed by atoms with Crippen LogP contribution < -0.4 is 4.90 Å². The van der Waals surface area contributed by atoms with E-state index in [1.54, 1.807) is 6.07 Å². The number of rotatable bonds is 6. The van der Waals surface area contributed by atoms with Gasteiger partial charge in [-0.25, -0.2) is 4.98 Å². The van der Waals surface area contributed by atoms with Gasteiger partial charge in [-0.15, -0.1) is 0 Å². The van der Waals surface area contributed by atoms with Gasteiger partial charge in [0, 0.05) is 26.1 Å². The zero-order chi connectivity index (χ0) is 13.5. The van der Waals surface area contributed by atoms with E-state index in [0.717, 1.165) is 0 Å². The fourth-order valence-electron chi connectivity index (χ4n) is 1.39. The molecule has 18 heavy (non-hydrogen) atoms. The Morgan fingerprint density at radius 1 is 1.56 bits per heavy atom. The molecule has 0 aliphatic heterocycles. The third-order valence-electron chi connectivity index (χ3n) is 2.44. The van der Waals surface area contributed by atoms with Crippen LogP contribution in [0.5, 0.6) is 0 Å². The molecule has 0 saturated heterocycles. The highest BCUT2D eigenvalue weighted by Crippen LogP contribution is 2.14. The molecule has 98 valence electrons. The van der Waals surface area contributed by atoms with Gasteiger partial charge in [0.25, 0.3) is 5.69 Å². The first kappa shape index (κ1) is 13.9. The molecule has 0 aliphatic carbocycles. The number of nitrogens with zero attached hydrogens (tertiary/aromatic N) is 3. The van der Waals surface area contributed by atoms with Gasteiger partial charge in [-0.2, -0.15) is 0 Å². The van der Waals surface area contributed by atoms with E-state index in [1.165, 1.54) is 19.4 Å². The van der Waals surface area contributed by atoms with E-state index in [4.69, 9.17) is 0 Å². The van der Waals surface area contributed by atoms with Gasteiger partial charge in [0.1, 0.15) is 12.0 Å². The van der Waals surface area contributed by atoms with Gasteiger partial charge in [-0.3, -0.25) is 14.9 Å². The average molecular weight is 253 g/mol. The highest BCUT2D eigenvalue weighted by molar-refractivity contribution is 5.69. The van der Waals surface area contributed by atoms with E-state index in [2.05, 4.69) is 9.72 Å². The lowest BCUT2D eigenvalue weighted by atomic mass is 10.3. The van der Waals surface area contributed by atoms with E-state index in [-0.39, 0.29) is 11.7 Å². The number of esters is 1. The first-order valence-corrected chi connectivity index (χ1v) is 5.43. The lowest BCUT2D eigenvalue weighted by Gasteiger charge is -2.17. The topological polar surface area (TPSA) is 85.6 Å². The van der Waals surface area contributed by atoms with Crippen molar-refractivity contribution in [2.45, 2.75) is 12.8 Å². The number of methoxy groups -OCH3 is 1. The molecule has 0 aliphatic rings. The molecular formula is C11H15N3O4. The Morgan fingerprint density at radius 2 is 2.28 bits per heavy atom. The summed E-state index contributed by atoms with van der Waals surface area (Å²) in [7, 11) is 3.16. The molecule has 1 rings (SSSR count). The molecular weight excluding hydrogens is 238 g/mol. The minimum atomic E-state index is -0.492. The van der Waals surface area contributed by atoms with Gasteiger partial charge in [-0.05, 0) is 12.5 Å². The van der Waals surface area contributed by atoms with Gasteiger partial charge in [-0.1, -0.05) is 0 Å².